The van der Waals surface area contributed by atoms with Gasteiger partial charge in [-0.2, -0.15) is 18.2 Å². The van der Waals surface area contributed by atoms with Gasteiger partial charge in [-0.25, -0.2) is 22.9 Å². The normalized spacial score (nSPS) is 16.6. The number of carboxylic acid groups (broad SMARTS) is 1. The number of nitrogens with zero attached hydrogens (tertiary/aromatic N) is 2. The summed E-state index contributed by atoms with van der Waals surface area (Å²) >= 11 is 6.05. The van der Waals surface area contributed by atoms with Crippen LogP contribution in [0.1, 0.15) is 25.7 Å². The standard InChI is InChI=1S/C32H32ClN5O2S.C2HF3O2/c33-26-14-16-27(17-15-26)36-31-29-7-3-4-8-30(29)37-32(38-31)34-20-22-9-11-23(12-10-22)21-35-41(39,40)28-18-13-24-5-1-2-6-25(24)19-28;3-2(4,5)1(6)7/h1-8,13-19,22-23,35H,9-12,20-21H2,(H2,34,36,37,38);(H,6,7). The third-order valence-electron chi connectivity index (χ3n) is 8.06. The topological polar surface area (TPSA) is 133 Å². The van der Waals surface area contributed by atoms with Gasteiger partial charge >= 0.3 is 12.1 Å². The van der Waals surface area contributed by atoms with E-state index in [4.69, 9.17) is 31.5 Å². The quantitative estimate of drug-likeness (QED) is 0.122. The number of aromatic nitrogens is 2. The van der Waals surface area contributed by atoms with E-state index in [1.165, 1.54) is 0 Å². The van der Waals surface area contributed by atoms with Crippen LogP contribution in [-0.4, -0.2) is 48.7 Å². The predicted octanol–water partition coefficient (Wildman–Crippen LogP) is 8.01. The number of carbonyl (C=O) groups is 1. The third-order valence-corrected chi connectivity index (χ3v) is 9.73. The molecule has 0 saturated heterocycles. The second-order valence-electron chi connectivity index (χ2n) is 11.5. The van der Waals surface area contributed by atoms with E-state index in [0.717, 1.165) is 65.4 Å². The lowest BCUT2D eigenvalue weighted by atomic mass is 9.82. The van der Waals surface area contributed by atoms with Gasteiger partial charge in [0.2, 0.25) is 16.0 Å². The Morgan fingerprint density at radius 2 is 1.44 bits per heavy atom. The molecule has 6 rings (SSSR count). The number of fused-ring (bicyclic) bond motifs is 2. The van der Waals surface area contributed by atoms with Crippen LogP contribution in [0.3, 0.4) is 0 Å². The summed E-state index contributed by atoms with van der Waals surface area (Å²) in [6.07, 6.45) is -1.07. The van der Waals surface area contributed by atoms with Gasteiger partial charge in [-0.1, -0.05) is 54.1 Å². The Hall–Kier alpha value is -4.46. The average Bonchev–Trinajstić information content (AvgIpc) is 3.07. The number of anilines is 3. The number of para-hydroxylation sites is 1. The molecule has 1 fully saturated rings. The van der Waals surface area contributed by atoms with Crippen molar-refractivity contribution in [2.45, 2.75) is 36.8 Å². The molecule has 1 aliphatic rings. The molecule has 0 spiro atoms. The second-order valence-corrected chi connectivity index (χ2v) is 13.7. The van der Waals surface area contributed by atoms with E-state index < -0.39 is 22.2 Å². The van der Waals surface area contributed by atoms with Gasteiger partial charge in [0.15, 0.2) is 0 Å². The number of hydrogen-bond donors (Lipinski definition) is 4. The monoisotopic (exact) mass is 699 g/mol. The number of hydrogen-bond acceptors (Lipinski definition) is 7. The van der Waals surface area contributed by atoms with Crippen LogP contribution in [0, 0.1) is 11.8 Å². The van der Waals surface area contributed by atoms with E-state index >= 15 is 0 Å². The Kier molecular flexibility index (Phi) is 11.0. The minimum absolute atomic E-state index is 0.314. The van der Waals surface area contributed by atoms with E-state index in [1.807, 2.05) is 78.9 Å². The van der Waals surface area contributed by atoms with Crippen molar-refractivity contribution in [2.75, 3.05) is 23.7 Å². The number of rotatable bonds is 9. The number of halogens is 4. The van der Waals surface area contributed by atoms with Crippen molar-refractivity contribution in [1.82, 2.24) is 14.7 Å². The molecule has 252 valence electrons. The Morgan fingerprint density at radius 1 is 0.833 bits per heavy atom. The average molecular weight is 700 g/mol. The zero-order valence-electron chi connectivity index (χ0n) is 25.5. The Morgan fingerprint density at radius 3 is 2.10 bits per heavy atom. The van der Waals surface area contributed by atoms with E-state index in [-0.39, 0.29) is 0 Å². The summed E-state index contributed by atoms with van der Waals surface area (Å²) in [5, 5.41) is 17.6. The molecule has 0 bridgehead atoms. The summed E-state index contributed by atoms with van der Waals surface area (Å²) in [6.45, 7) is 1.23. The van der Waals surface area contributed by atoms with Gasteiger partial charge in [-0.3, -0.25) is 0 Å². The number of carboxylic acids is 1. The molecule has 1 heterocycles. The van der Waals surface area contributed by atoms with Crippen molar-refractivity contribution in [1.29, 1.82) is 0 Å². The van der Waals surface area contributed by atoms with Crippen molar-refractivity contribution in [2.24, 2.45) is 11.8 Å². The fourth-order valence-corrected chi connectivity index (χ4v) is 6.72. The highest BCUT2D eigenvalue weighted by Gasteiger charge is 2.38. The van der Waals surface area contributed by atoms with Gasteiger partial charge in [-0.15, -0.1) is 0 Å². The highest BCUT2D eigenvalue weighted by Crippen LogP contribution is 2.30. The fourth-order valence-electron chi connectivity index (χ4n) is 5.44. The molecule has 0 aliphatic heterocycles. The predicted molar refractivity (Wildman–Crippen MR) is 181 cm³/mol. The molecule has 1 aliphatic carbocycles. The summed E-state index contributed by atoms with van der Waals surface area (Å²) in [6, 6.07) is 28.5. The molecule has 9 nitrogen and oxygen atoms in total. The molecule has 4 N–H and O–H groups in total. The molecule has 0 atom stereocenters. The second kappa shape index (κ2) is 15.2. The molecule has 0 unspecified atom stereocenters. The van der Waals surface area contributed by atoms with E-state index in [2.05, 4.69) is 15.4 Å². The number of nitrogens with one attached hydrogen (secondary N) is 3. The molecule has 0 radical (unpaired) electrons. The molecule has 48 heavy (non-hydrogen) atoms. The van der Waals surface area contributed by atoms with Crippen LogP contribution in [0.4, 0.5) is 30.6 Å². The number of benzene rings is 4. The van der Waals surface area contributed by atoms with Crippen LogP contribution in [0.25, 0.3) is 21.7 Å². The van der Waals surface area contributed by atoms with Crippen LogP contribution in [0.5, 0.6) is 0 Å². The number of alkyl halides is 3. The molecule has 0 amide bonds. The van der Waals surface area contributed by atoms with Crippen molar-refractivity contribution in [3.8, 4) is 0 Å². The first-order valence-electron chi connectivity index (χ1n) is 15.2. The van der Waals surface area contributed by atoms with Gasteiger partial charge in [0.05, 0.1) is 10.4 Å². The summed E-state index contributed by atoms with van der Waals surface area (Å²) in [7, 11) is -3.55. The Bertz CT molecular complexity index is 1990. The van der Waals surface area contributed by atoms with Gasteiger partial charge in [0, 0.05) is 29.2 Å². The van der Waals surface area contributed by atoms with Crippen LogP contribution in [-0.2, 0) is 14.8 Å². The highest BCUT2D eigenvalue weighted by atomic mass is 35.5. The van der Waals surface area contributed by atoms with Gasteiger partial charge in [-0.05, 0) is 96.8 Å². The lowest BCUT2D eigenvalue weighted by Gasteiger charge is -2.28. The van der Waals surface area contributed by atoms with Crippen molar-refractivity contribution in [3.63, 3.8) is 0 Å². The maximum atomic E-state index is 12.9. The van der Waals surface area contributed by atoms with Crippen LogP contribution < -0.4 is 15.4 Å². The van der Waals surface area contributed by atoms with Crippen molar-refractivity contribution < 1.29 is 31.5 Å². The van der Waals surface area contributed by atoms with E-state index in [9.17, 15) is 21.6 Å². The molecule has 5 aromatic rings. The lowest BCUT2D eigenvalue weighted by molar-refractivity contribution is -0.192. The molecule has 1 saturated carbocycles. The van der Waals surface area contributed by atoms with Crippen LogP contribution in [0.2, 0.25) is 5.02 Å². The fraction of sp³-hybridized carbons (Fsp3) is 0.265. The first-order valence-corrected chi connectivity index (χ1v) is 17.1. The SMILES string of the molecule is O=C(O)C(F)(F)F.O=S(=O)(NCC1CCC(CNc2nc(Nc3ccc(Cl)cc3)c3ccccc3n2)CC1)c1ccc2ccccc2c1. The van der Waals surface area contributed by atoms with Crippen LogP contribution in [0.15, 0.2) is 95.9 Å². The molecular weight excluding hydrogens is 667 g/mol. The molecule has 14 heteroatoms. The van der Waals surface area contributed by atoms with Crippen molar-refractivity contribution >= 4 is 66.7 Å². The molecule has 1 aromatic heterocycles. The first-order chi connectivity index (χ1) is 22.9. The Balaban J connectivity index is 0.000000582. The van der Waals surface area contributed by atoms with Gasteiger partial charge < -0.3 is 15.7 Å². The smallest absolute Gasteiger partial charge is 0.475 e. The maximum absolute atomic E-state index is 12.9. The van der Waals surface area contributed by atoms with Gasteiger partial charge in [0.1, 0.15) is 5.82 Å². The zero-order valence-corrected chi connectivity index (χ0v) is 27.1. The van der Waals surface area contributed by atoms with Gasteiger partial charge in [0.25, 0.3) is 0 Å². The lowest BCUT2D eigenvalue weighted by Crippen LogP contribution is -2.32. The van der Waals surface area contributed by atoms with Crippen molar-refractivity contribution in [3.05, 3.63) is 96.0 Å². The van der Waals surface area contributed by atoms with Crippen LogP contribution >= 0.6 is 11.6 Å². The Labute approximate surface area is 280 Å². The first kappa shape index (κ1) is 34.9. The maximum Gasteiger partial charge on any atom is 0.490 e. The summed E-state index contributed by atoms with van der Waals surface area (Å²) < 4.78 is 60.5. The summed E-state index contributed by atoms with van der Waals surface area (Å²) in [5.74, 6) is -0.625. The third kappa shape index (κ3) is 9.33. The zero-order chi connectivity index (χ0) is 34.3. The minimum atomic E-state index is -5.08. The summed E-state index contributed by atoms with van der Waals surface area (Å²) in [4.78, 5) is 18.7. The van der Waals surface area contributed by atoms with E-state index in [0.29, 0.717) is 34.2 Å². The highest BCUT2D eigenvalue weighted by molar-refractivity contribution is 7.89. The largest absolute Gasteiger partial charge is 0.490 e. The number of aliphatic carboxylic acids is 1. The summed E-state index contributed by atoms with van der Waals surface area (Å²) in [5.41, 5.74) is 1.77. The minimum Gasteiger partial charge on any atom is -0.475 e. The number of sulfonamides is 1. The van der Waals surface area contributed by atoms with E-state index in [1.54, 1.807) is 12.1 Å². The molecule has 4 aromatic carbocycles. The molecular formula is C34H33ClF3N5O4S.